The highest BCUT2D eigenvalue weighted by molar-refractivity contribution is 7.09. The van der Waals surface area contributed by atoms with Gasteiger partial charge in [-0.15, -0.1) is 11.3 Å². The fourth-order valence-electron chi connectivity index (χ4n) is 3.26. The third kappa shape index (κ3) is 4.81. The molecule has 0 radical (unpaired) electrons. The van der Waals surface area contributed by atoms with Crippen LogP contribution in [0.1, 0.15) is 55.0 Å². The van der Waals surface area contributed by atoms with E-state index in [1.54, 1.807) is 11.3 Å². The van der Waals surface area contributed by atoms with Gasteiger partial charge in [-0.2, -0.15) is 5.10 Å². The van der Waals surface area contributed by atoms with Crippen molar-refractivity contribution in [1.29, 1.82) is 0 Å². The van der Waals surface area contributed by atoms with Gasteiger partial charge in [0.1, 0.15) is 0 Å². The molecule has 6 nitrogen and oxygen atoms in total. The van der Waals surface area contributed by atoms with Crippen molar-refractivity contribution < 1.29 is 0 Å². The average molecular weight is 361 g/mol. The van der Waals surface area contributed by atoms with E-state index >= 15 is 0 Å². The molecule has 0 spiro atoms. The van der Waals surface area contributed by atoms with Crippen LogP contribution in [0.5, 0.6) is 0 Å². The van der Waals surface area contributed by atoms with Gasteiger partial charge in [-0.1, -0.05) is 12.8 Å². The Labute approximate surface area is 154 Å². The van der Waals surface area contributed by atoms with Gasteiger partial charge in [-0.05, 0) is 32.8 Å². The summed E-state index contributed by atoms with van der Waals surface area (Å²) in [6.07, 6.45) is 7.26. The Bertz CT molecular complexity index is 698. The first-order chi connectivity index (χ1) is 12.2. The summed E-state index contributed by atoms with van der Waals surface area (Å²) in [4.78, 5) is 11.4. The molecule has 1 saturated carbocycles. The summed E-state index contributed by atoms with van der Waals surface area (Å²) in [5, 5.41) is 11.3. The first-order valence-electron chi connectivity index (χ1n) is 9.10. The summed E-state index contributed by atoms with van der Waals surface area (Å²) >= 11 is 1.69. The van der Waals surface area contributed by atoms with Crippen molar-refractivity contribution in [3.63, 3.8) is 0 Å². The lowest BCUT2D eigenvalue weighted by molar-refractivity contribution is 0.460. The van der Waals surface area contributed by atoms with Crippen LogP contribution in [0.3, 0.4) is 0 Å². The van der Waals surface area contributed by atoms with Crippen molar-refractivity contribution in [2.75, 3.05) is 13.6 Å². The highest BCUT2D eigenvalue weighted by Crippen LogP contribution is 2.28. The summed E-state index contributed by atoms with van der Waals surface area (Å²) in [5.74, 6) is 0.892. The van der Waals surface area contributed by atoms with Crippen molar-refractivity contribution in [1.82, 2.24) is 25.0 Å². The van der Waals surface area contributed by atoms with Gasteiger partial charge in [-0.3, -0.25) is 4.68 Å². The van der Waals surface area contributed by atoms with Crippen molar-refractivity contribution in [2.45, 2.75) is 58.7 Å². The van der Waals surface area contributed by atoms with E-state index in [9.17, 15) is 0 Å². The minimum absolute atomic E-state index is 0.585. The molecule has 0 aromatic carbocycles. The molecule has 3 rings (SSSR count). The number of nitrogens with zero attached hydrogens (tertiary/aromatic N) is 5. The number of aliphatic imine (C=N–C) groups is 1. The monoisotopic (exact) mass is 360 g/mol. The number of thiazole rings is 1. The Morgan fingerprint density at radius 1 is 1.40 bits per heavy atom. The van der Waals surface area contributed by atoms with Crippen LogP contribution in [0.25, 0.3) is 0 Å². The maximum Gasteiger partial charge on any atom is 0.194 e. The number of hydrogen-bond donors (Lipinski definition) is 1. The zero-order valence-corrected chi connectivity index (χ0v) is 16.2. The van der Waals surface area contributed by atoms with E-state index in [2.05, 4.69) is 44.4 Å². The second kappa shape index (κ2) is 8.47. The Kier molecular flexibility index (Phi) is 6.07. The molecule has 0 unspecified atom stereocenters. The first-order valence-corrected chi connectivity index (χ1v) is 9.98. The minimum Gasteiger partial charge on any atom is -0.357 e. The van der Waals surface area contributed by atoms with E-state index in [1.165, 1.54) is 25.7 Å². The zero-order chi connectivity index (χ0) is 17.6. The largest absolute Gasteiger partial charge is 0.357 e. The fraction of sp³-hybridized carbons (Fsp3) is 0.611. The van der Waals surface area contributed by atoms with Crippen LogP contribution in [-0.2, 0) is 13.1 Å². The quantitative estimate of drug-likeness (QED) is 0.634. The van der Waals surface area contributed by atoms with Gasteiger partial charge in [0, 0.05) is 25.2 Å². The van der Waals surface area contributed by atoms with Crippen molar-refractivity contribution in [3.05, 3.63) is 34.0 Å². The van der Waals surface area contributed by atoms with Crippen LogP contribution < -0.4 is 5.32 Å². The molecule has 136 valence electrons. The summed E-state index contributed by atoms with van der Waals surface area (Å²) in [6.45, 7) is 6.32. The van der Waals surface area contributed by atoms with Crippen LogP contribution in [0, 0.1) is 6.92 Å². The van der Waals surface area contributed by atoms with Gasteiger partial charge < -0.3 is 10.2 Å². The molecule has 7 heteroatoms. The van der Waals surface area contributed by atoms with Crippen LogP contribution in [0.2, 0.25) is 0 Å². The second-order valence-electron chi connectivity index (χ2n) is 6.61. The number of rotatable bonds is 6. The SMILES string of the molecule is CCNC(=NCc1ccn(C2CCCC2)n1)N(C)Cc1csc(C)n1. The van der Waals surface area contributed by atoms with Crippen LogP contribution in [0.15, 0.2) is 22.6 Å². The van der Waals surface area contributed by atoms with Gasteiger partial charge in [0.05, 0.1) is 35.5 Å². The third-order valence-corrected chi connectivity index (χ3v) is 5.34. The molecule has 0 saturated heterocycles. The molecule has 2 heterocycles. The van der Waals surface area contributed by atoms with Gasteiger partial charge in [0.25, 0.3) is 0 Å². The highest BCUT2D eigenvalue weighted by Gasteiger charge is 2.17. The van der Waals surface area contributed by atoms with Crippen LogP contribution in [-0.4, -0.2) is 39.2 Å². The lowest BCUT2D eigenvalue weighted by Crippen LogP contribution is -2.38. The normalized spacial score (nSPS) is 15.7. The number of hydrogen-bond acceptors (Lipinski definition) is 4. The minimum atomic E-state index is 0.585. The third-order valence-electron chi connectivity index (χ3n) is 4.52. The standard InChI is InChI=1S/C18H28N6S/c1-4-19-18(23(3)12-16-13-25-14(2)21-16)20-11-15-9-10-24(22-15)17-7-5-6-8-17/h9-10,13,17H,4-8,11-12H2,1-3H3,(H,19,20). The summed E-state index contributed by atoms with van der Waals surface area (Å²) in [6, 6.07) is 2.68. The Morgan fingerprint density at radius 3 is 2.88 bits per heavy atom. The lowest BCUT2D eigenvalue weighted by Gasteiger charge is -2.21. The zero-order valence-electron chi connectivity index (χ0n) is 15.4. The number of aryl methyl sites for hydroxylation is 1. The van der Waals surface area contributed by atoms with Gasteiger partial charge >= 0.3 is 0 Å². The fourth-order valence-corrected chi connectivity index (χ4v) is 3.86. The van der Waals surface area contributed by atoms with E-state index < -0.39 is 0 Å². The molecule has 25 heavy (non-hydrogen) atoms. The molecule has 2 aromatic heterocycles. The Morgan fingerprint density at radius 2 is 2.20 bits per heavy atom. The molecular formula is C18H28N6S. The van der Waals surface area contributed by atoms with E-state index in [1.807, 2.05) is 14.0 Å². The molecular weight excluding hydrogens is 332 g/mol. The number of guanidine groups is 1. The molecule has 0 atom stereocenters. The predicted molar refractivity (Wildman–Crippen MR) is 103 cm³/mol. The number of nitrogens with one attached hydrogen (secondary N) is 1. The number of aromatic nitrogens is 3. The summed E-state index contributed by atoms with van der Waals surface area (Å²) in [5.41, 5.74) is 2.11. The summed E-state index contributed by atoms with van der Waals surface area (Å²) in [7, 11) is 2.05. The molecule has 1 N–H and O–H groups in total. The molecule has 0 aliphatic heterocycles. The predicted octanol–water partition coefficient (Wildman–Crippen LogP) is 3.36. The Balaban J connectivity index is 1.63. The van der Waals surface area contributed by atoms with E-state index in [0.29, 0.717) is 12.6 Å². The van der Waals surface area contributed by atoms with Crippen LogP contribution >= 0.6 is 11.3 Å². The lowest BCUT2D eigenvalue weighted by atomic mass is 10.3. The molecule has 2 aromatic rings. The average Bonchev–Trinajstić information content (AvgIpc) is 3.33. The molecule has 1 aliphatic carbocycles. The van der Waals surface area contributed by atoms with Crippen LogP contribution in [0.4, 0.5) is 0 Å². The van der Waals surface area contributed by atoms with E-state index in [4.69, 9.17) is 10.1 Å². The highest BCUT2D eigenvalue weighted by atomic mass is 32.1. The van der Waals surface area contributed by atoms with Gasteiger partial charge in [-0.25, -0.2) is 9.98 Å². The molecule has 1 fully saturated rings. The first kappa shape index (κ1) is 17.9. The topological polar surface area (TPSA) is 58.3 Å². The van der Waals surface area contributed by atoms with Gasteiger partial charge in [0.2, 0.25) is 0 Å². The van der Waals surface area contributed by atoms with Gasteiger partial charge in [0.15, 0.2) is 5.96 Å². The maximum atomic E-state index is 4.76. The van der Waals surface area contributed by atoms with E-state index in [0.717, 1.165) is 35.4 Å². The van der Waals surface area contributed by atoms with Crippen molar-refractivity contribution in [3.8, 4) is 0 Å². The summed E-state index contributed by atoms with van der Waals surface area (Å²) < 4.78 is 2.13. The Hall–Kier alpha value is -1.89. The molecule has 0 amide bonds. The van der Waals surface area contributed by atoms with E-state index in [-0.39, 0.29) is 0 Å². The molecule has 0 bridgehead atoms. The van der Waals surface area contributed by atoms with Crippen molar-refractivity contribution in [2.24, 2.45) is 4.99 Å². The van der Waals surface area contributed by atoms with Crippen molar-refractivity contribution >= 4 is 17.3 Å². The second-order valence-corrected chi connectivity index (χ2v) is 7.67. The smallest absolute Gasteiger partial charge is 0.194 e. The maximum absolute atomic E-state index is 4.76. The molecule has 1 aliphatic rings.